The molecule has 4 rings (SSSR count). The van der Waals surface area contributed by atoms with Gasteiger partial charge in [0, 0.05) is 42.0 Å². The minimum absolute atomic E-state index is 0.0133. The van der Waals surface area contributed by atoms with Gasteiger partial charge in [0.05, 0.1) is 5.75 Å². The van der Waals surface area contributed by atoms with E-state index in [4.69, 9.17) is 4.74 Å². The number of aromatic nitrogens is 2. The summed E-state index contributed by atoms with van der Waals surface area (Å²) in [6.45, 7) is 7.62. The number of hydrogen-bond acceptors (Lipinski definition) is 5. The highest BCUT2D eigenvalue weighted by molar-refractivity contribution is 7.92. The predicted octanol–water partition coefficient (Wildman–Crippen LogP) is 5.10. The molecule has 0 saturated heterocycles. The number of anilines is 1. The van der Waals surface area contributed by atoms with E-state index in [0.29, 0.717) is 23.1 Å². The standard InChI is InChI=1S/C28H31FN4O5S/c1-6-30-27(34)23-14-20-21(15-33(5)28(35)26(20)31-23)19-13-18(32-39(36,37)7-2)9-11-24(19)38-25-10-8-17(16(3)4)12-22(25)29/h8-16,31-32H,6-7H2,1-5H3,(H,30,34). The van der Waals surface area contributed by atoms with Gasteiger partial charge in [-0.3, -0.25) is 14.3 Å². The molecule has 1 amide bonds. The van der Waals surface area contributed by atoms with Crippen LogP contribution >= 0.6 is 0 Å². The first-order valence-corrected chi connectivity index (χ1v) is 14.2. The monoisotopic (exact) mass is 554 g/mol. The largest absolute Gasteiger partial charge is 0.454 e. The summed E-state index contributed by atoms with van der Waals surface area (Å²) in [5, 5.41) is 3.12. The number of fused-ring (bicyclic) bond motifs is 1. The van der Waals surface area contributed by atoms with Gasteiger partial charge in [0.25, 0.3) is 11.5 Å². The van der Waals surface area contributed by atoms with Gasteiger partial charge >= 0.3 is 0 Å². The molecule has 2 heterocycles. The summed E-state index contributed by atoms with van der Waals surface area (Å²) in [5.74, 6) is -0.719. The van der Waals surface area contributed by atoms with Crippen molar-refractivity contribution in [1.29, 1.82) is 0 Å². The zero-order chi connectivity index (χ0) is 28.5. The maximum atomic E-state index is 15.0. The number of benzene rings is 2. The number of halogens is 1. The van der Waals surface area contributed by atoms with E-state index in [9.17, 15) is 18.0 Å². The van der Waals surface area contributed by atoms with Crippen molar-refractivity contribution in [3.05, 3.63) is 76.1 Å². The molecule has 0 radical (unpaired) electrons. The second kappa shape index (κ2) is 10.9. The molecule has 0 atom stereocenters. The highest BCUT2D eigenvalue weighted by Crippen LogP contribution is 2.39. The van der Waals surface area contributed by atoms with E-state index in [1.165, 1.54) is 29.7 Å². The number of carbonyl (C=O) groups excluding carboxylic acids is 1. The lowest BCUT2D eigenvalue weighted by atomic mass is 10.0. The van der Waals surface area contributed by atoms with E-state index in [-0.39, 0.29) is 51.5 Å². The Morgan fingerprint density at radius 1 is 1.08 bits per heavy atom. The summed E-state index contributed by atoms with van der Waals surface area (Å²) < 4.78 is 49.5. The van der Waals surface area contributed by atoms with Crippen molar-refractivity contribution in [3.8, 4) is 22.6 Å². The van der Waals surface area contributed by atoms with Gasteiger partial charge in [-0.15, -0.1) is 0 Å². The van der Waals surface area contributed by atoms with Crippen molar-refractivity contribution in [2.45, 2.75) is 33.6 Å². The number of nitrogens with zero attached hydrogens (tertiary/aromatic N) is 1. The summed E-state index contributed by atoms with van der Waals surface area (Å²) in [4.78, 5) is 28.4. The van der Waals surface area contributed by atoms with Crippen LogP contribution in [0.1, 0.15) is 49.7 Å². The molecule has 206 valence electrons. The Kier molecular flexibility index (Phi) is 7.82. The number of sulfonamides is 1. The van der Waals surface area contributed by atoms with Crippen molar-refractivity contribution < 1.29 is 22.3 Å². The smallest absolute Gasteiger partial charge is 0.274 e. The molecule has 0 aliphatic heterocycles. The summed E-state index contributed by atoms with van der Waals surface area (Å²) in [7, 11) is -2.04. The molecule has 0 saturated carbocycles. The molecule has 39 heavy (non-hydrogen) atoms. The lowest BCUT2D eigenvalue weighted by molar-refractivity contribution is 0.0951. The lowest BCUT2D eigenvalue weighted by Crippen LogP contribution is -2.23. The Labute approximate surface area is 226 Å². The van der Waals surface area contributed by atoms with Crippen LogP contribution in [0.4, 0.5) is 10.1 Å². The fraction of sp³-hybridized carbons (Fsp3) is 0.286. The molecule has 0 aliphatic rings. The molecule has 0 fully saturated rings. The van der Waals surface area contributed by atoms with Crippen LogP contribution in [0.2, 0.25) is 0 Å². The molecule has 11 heteroatoms. The van der Waals surface area contributed by atoms with Crippen molar-refractivity contribution in [2.24, 2.45) is 7.05 Å². The Morgan fingerprint density at radius 2 is 1.79 bits per heavy atom. The molecule has 4 aromatic rings. The number of aryl methyl sites for hydroxylation is 1. The minimum atomic E-state index is -3.60. The number of carbonyl (C=O) groups is 1. The molecular weight excluding hydrogens is 523 g/mol. The number of ether oxygens (including phenoxy) is 1. The van der Waals surface area contributed by atoms with Gasteiger partial charge in [0.15, 0.2) is 11.6 Å². The van der Waals surface area contributed by atoms with Crippen LogP contribution in [0.15, 0.2) is 53.5 Å². The van der Waals surface area contributed by atoms with Crippen molar-refractivity contribution in [3.63, 3.8) is 0 Å². The zero-order valence-corrected chi connectivity index (χ0v) is 23.2. The van der Waals surface area contributed by atoms with Gasteiger partial charge in [-0.05, 0) is 61.7 Å². The summed E-state index contributed by atoms with van der Waals surface area (Å²) in [5.41, 5.74) is 1.97. The molecule has 2 aromatic heterocycles. The first-order chi connectivity index (χ1) is 18.4. The second-order valence-corrected chi connectivity index (χ2v) is 11.5. The summed E-state index contributed by atoms with van der Waals surface area (Å²) >= 11 is 0. The third kappa shape index (κ3) is 5.83. The molecule has 0 unspecified atom stereocenters. The fourth-order valence-electron chi connectivity index (χ4n) is 4.15. The average Bonchev–Trinajstić information content (AvgIpc) is 3.34. The number of amides is 1. The fourth-order valence-corrected chi connectivity index (χ4v) is 4.78. The number of rotatable bonds is 9. The van der Waals surface area contributed by atoms with E-state index in [1.807, 2.05) is 13.8 Å². The van der Waals surface area contributed by atoms with E-state index in [2.05, 4.69) is 15.0 Å². The molecular formula is C28H31FN4O5S. The first kappa shape index (κ1) is 27.9. The van der Waals surface area contributed by atoms with Gasteiger partial charge in [0.2, 0.25) is 10.0 Å². The Bertz CT molecular complexity index is 1720. The zero-order valence-electron chi connectivity index (χ0n) is 22.4. The predicted molar refractivity (Wildman–Crippen MR) is 151 cm³/mol. The number of aromatic amines is 1. The molecule has 0 aliphatic carbocycles. The van der Waals surface area contributed by atoms with Gasteiger partial charge in [-0.2, -0.15) is 0 Å². The Balaban J connectivity index is 1.94. The average molecular weight is 555 g/mol. The quantitative estimate of drug-likeness (QED) is 0.266. The molecule has 2 aromatic carbocycles. The first-order valence-electron chi connectivity index (χ1n) is 12.6. The van der Waals surface area contributed by atoms with Crippen molar-refractivity contribution in [1.82, 2.24) is 14.9 Å². The number of H-pyrrole nitrogens is 1. The molecule has 0 spiro atoms. The van der Waals surface area contributed by atoms with E-state index in [1.54, 1.807) is 44.4 Å². The van der Waals surface area contributed by atoms with Crippen molar-refractivity contribution >= 4 is 32.5 Å². The van der Waals surface area contributed by atoms with Crippen LogP contribution in [0.3, 0.4) is 0 Å². The van der Waals surface area contributed by atoms with Gasteiger partial charge in [0.1, 0.15) is 17.0 Å². The SMILES string of the molecule is CCNC(=O)c1cc2c(-c3cc(NS(=O)(=O)CC)ccc3Oc3ccc(C(C)C)cc3F)cn(C)c(=O)c2[nH]1. The van der Waals surface area contributed by atoms with Crippen LogP contribution < -0.4 is 20.3 Å². The van der Waals surface area contributed by atoms with E-state index in [0.717, 1.165) is 5.56 Å². The maximum Gasteiger partial charge on any atom is 0.274 e. The Morgan fingerprint density at radius 3 is 2.44 bits per heavy atom. The second-order valence-electron chi connectivity index (χ2n) is 9.45. The third-order valence-electron chi connectivity index (χ3n) is 6.31. The lowest BCUT2D eigenvalue weighted by Gasteiger charge is -2.16. The third-order valence-corrected chi connectivity index (χ3v) is 7.62. The van der Waals surface area contributed by atoms with Crippen LogP contribution in [-0.2, 0) is 17.1 Å². The van der Waals surface area contributed by atoms with Gasteiger partial charge in [-0.25, -0.2) is 12.8 Å². The van der Waals surface area contributed by atoms with Gasteiger partial charge in [-0.1, -0.05) is 19.9 Å². The highest BCUT2D eigenvalue weighted by atomic mass is 32.2. The Hall–Kier alpha value is -4.12. The van der Waals surface area contributed by atoms with E-state index >= 15 is 4.39 Å². The maximum absolute atomic E-state index is 15.0. The van der Waals surface area contributed by atoms with Crippen LogP contribution in [0.25, 0.3) is 22.0 Å². The number of pyridine rings is 1. The normalized spacial score (nSPS) is 11.7. The molecule has 9 nitrogen and oxygen atoms in total. The van der Waals surface area contributed by atoms with Crippen LogP contribution in [-0.4, -0.2) is 36.2 Å². The topological polar surface area (TPSA) is 122 Å². The molecule has 0 bridgehead atoms. The number of hydrogen-bond donors (Lipinski definition) is 3. The minimum Gasteiger partial charge on any atom is -0.454 e. The van der Waals surface area contributed by atoms with E-state index < -0.39 is 15.8 Å². The highest BCUT2D eigenvalue weighted by Gasteiger charge is 2.20. The summed E-state index contributed by atoms with van der Waals surface area (Å²) in [6, 6.07) is 10.9. The van der Waals surface area contributed by atoms with Crippen LogP contribution in [0.5, 0.6) is 11.5 Å². The van der Waals surface area contributed by atoms with Crippen molar-refractivity contribution in [2.75, 3.05) is 17.0 Å². The molecule has 3 N–H and O–H groups in total. The summed E-state index contributed by atoms with van der Waals surface area (Å²) in [6.07, 6.45) is 1.57. The van der Waals surface area contributed by atoms with Gasteiger partial charge < -0.3 is 19.6 Å². The number of nitrogens with one attached hydrogen (secondary N) is 3. The van der Waals surface area contributed by atoms with Crippen LogP contribution in [0, 0.1) is 5.82 Å².